The van der Waals surface area contributed by atoms with Gasteiger partial charge in [-0.1, -0.05) is 54.7 Å². The zero-order valence-corrected chi connectivity index (χ0v) is 16.8. The number of carbonyl (C=O) groups is 1. The van der Waals surface area contributed by atoms with Gasteiger partial charge < -0.3 is 15.2 Å². The molecule has 1 aliphatic heterocycles. The Bertz CT molecular complexity index is 969. The predicted molar refractivity (Wildman–Crippen MR) is 106 cm³/mol. The largest absolute Gasteiger partial charge is 0.415 e. The zero-order valence-electron chi connectivity index (χ0n) is 16.0. The van der Waals surface area contributed by atoms with Crippen molar-refractivity contribution in [1.82, 2.24) is 5.32 Å². The number of rotatable bonds is 6. The lowest BCUT2D eigenvalue weighted by Crippen LogP contribution is -2.55. The summed E-state index contributed by atoms with van der Waals surface area (Å²) in [5, 5.41) is 12.4. The molecule has 0 radical (unpaired) electrons. The number of aliphatic hydroxyl groups excluding tert-OH is 1. The van der Waals surface area contributed by atoms with Crippen LogP contribution in [0.3, 0.4) is 0 Å². The summed E-state index contributed by atoms with van der Waals surface area (Å²) in [6.07, 6.45) is -7.70. The van der Waals surface area contributed by atoms with Crippen LogP contribution in [0.4, 0.5) is 22.0 Å². The molecule has 0 amide bonds. The van der Waals surface area contributed by atoms with Crippen molar-refractivity contribution in [2.45, 2.75) is 24.2 Å². The fraction of sp³-hybridized carbons (Fsp3) is 0.333. The Morgan fingerprint density at radius 1 is 1.16 bits per heavy atom. The van der Waals surface area contributed by atoms with E-state index in [1.807, 2.05) is 0 Å². The summed E-state index contributed by atoms with van der Waals surface area (Å²) in [6, 6.07) is 11.1. The molecule has 0 unspecified atom stereocenters. The monoisotopic (exact) mass is 459 g/mol. The Kier molecular flexibility index (Phi) is 6.73. The van der Waals surface area contributed by atoms with Crippen LogP contribution in [0.15, 0.2) is 48.5 Å². The molecule has 0 bridgehead atoms. The first-order valence-electron chi connectivity index (χ1n) is 9.23. The molecular weight excluding hydrogens is 441 g/mol. The van der Waals surface area contributed by atoms with E-state index in [4.69, 9.17) is 17.0 Å². The fourth-order valence-corrected chi connectivity index (χ4v) is 4.08. The van der Waals surface area contributed by atoms with Crippen LogP contribution in [0.5, 0.6) is 0 Å². The van der Waals surface area contributed by atoms with Gasteiger partial charge in [0.1, 0.15) is 0 Å². The number of ketones is 1. The van der Waals surface area contributed by atoms with Crippen LogP contribution >= 0.6 is 12.2 Å². The third-order valence-corrected chi connectivity index (χ3v) is 5.47. The van der Waals surface area contributed by atoms with E-state index >= 15 is 0 Å². The van der Waals surface area contributed by atoms with Crippen molar-refractivity contribution in [3.63, 3.8) is 0 Å². The number of Topliss-reactive ketones (excluding diaryl/α,β-unsaturated/α-hetero) is 1. The number of aliphatic hydroxyl groups is 1. The summed E-state index contributed by atoms with van der Waals surface area (Å²) < 4.78 is 73.9. The second-order valence-electron chi connectivity index (χ2n) is 7.15. The third-order valence-electron chi connectivity index (χ3n) is 5.22. The molecule has 0 saturated carbocycles. The fourth-order valence-electron chi connectivity index (χ4n) is 3.76. The Morgan fingerprint density at radius 2 is 1.84 bits per heavy atom. The molecule has 166 valence electrons. The summed E-state index contributed by atoms with van der Waals surface area (Å²) in [5.41, 5.74) is -2.19. The van der Waals surface area contributed by atoms with Gasteiger partial charge >= 0.3 is 6.18 Å². The molecule has 1 saturated heterocycles. The standard InChI is InChI=1S/C21H18F5NO3S/c22-15-8-4-7-13(18(15)23)20(11-30-19(14(20)10-28)21(24,25)26)27-17(31)9-16(29)12-5-2-1-3-6-12/h1-8,14,19,28H,9-11H2,(H,27,31)/t14-,19+,20-/m1/s1. The molecular formula is C21H18F5NO3S. The van der Waals surface area contributed by atoms with Gasteiger partial charge in [0.25, 0.3) is 0 Å². The van der Waals surface area contributed by atoms with E-state index in [1.165, 1.54) is 0 Å². The second-order valence-corrected chi connectivity index (χ2v) is 7.64. The minimum Gasteiger partial charge on any atom is -0.396 e. The highest BCUT2D eigenvalue weighted by molar-refractivity contribution is 7.80. The third kappa shape index (κ3) is 4.60. The summed E-state index contributed by atoms with van der Waals surface area (Å²) >= 11 is 5.18. The highest BCUT2D eigenvalue weighted by Crippen LogP contribution is 2.46. The Balaban J connectivity index is 1.98. The first-order chi connectivity index (χ1) is 14.6. The minimum absolute atomic E-state index is 0.192. The van der Waals surface area contributed by atoms with E-state index in [0.29, 0.717) is 5.56 Å². The number of hydrogen-bond acceptors (Lipinski definition) is 4. The molecule has 2 N–H and O–H groups in total. The Hall–Kier alpha value is -2.43. The van der Waals surface area contributed by atoms with Gasteiger partial charge in [-0.3, -0.25) is 4.79 Å². The number of nitrogens with one attached hydrogen (secondary N) is 1. The van der Waals surface area contributed by atoms with Crippen LogP contribution in [-0.4, -0.2) is 41.4 Å². The number of halogens is 5. The van der Waals surface area contributed by atoms with Crippen LogP contribution in [0.25, 0.3) is 0 Å². The number of alkyl halides is 3. The normalized spacial score (nSPS) is 23.5. The average molecular weight is 459 g/mol. The Labute approximate surface area is 180 Å². The lowest BCUT2D eigenvalue weighted by Gasteiger charge is -2.37. The molecule has 4 nitrogen and oxygen atoms in total. The number of benzene rings is 2. The van der Waals surface area contributed by atoms with Gasteiger partial charge in [0.05, 0.1) is 30.2 Å². The second kappa shape index (κ2) is 8.97. The van der Waals surface area contributed by atoms with Crippen molar-refractivity contribution in [1.29, 1.82) is 0 Å². The van der Waals surface area contributed by atoms with Crippen LogP contribution in [-0.2, 0) is 10.3 Å². The quantitative estimate of drug-likeness (QED) is 0.390. The van der Waals surface area contributed by atoms with Gasteiger partial charge in [0.2, 0.25) is 0 Å². The van der Waals surface area contributed by atoms with E-state index in [0.717, 1.165) is 18.2 Å². The van der Waals surface area contributed by atoms with Crippen LogP contribution in [0.1, 0.15) is 22.3 Å². The summed E-state index contributed by atoms with van der Waals surface area (Å²) in [4.78, 5) is 12.3. The number of ether oxygens (including phenoxy) is 1. The molecule has 0 spiro atoms. The number of hydrogen-bond donors (Lipinski definition) is 2. The van der Waals surface area contributed by atoms with Crippen molar-refractivity contribution in [2.24, 2.45) is 5.92 Å². The number of thiocarbonyl (C=S) groups is 1. The van der Waals surface area contributed by atoms with Gasteiger partial charge in [-0.2, -0.15) is 13.2 Å². The minimum atomic E-state index is -4.87. The maximum absolute atomic E-state index is 14.7. The average Bonchev–Trinajstić information content (AvgIpc) is 3.09. The van der Waals surface area contributed by atoms with Crippen LogP contribution < -0.4 is 5.32 Å². The molecule has 1 heterocycles. The van der Waals surface area contributed by atoms with Crippen LogP contribution in [0.2, 0.25) is 0 Å². The van der Waals surface area contributed by atoms with E-state index in [1.54, 1.807) is 30.3 Å². The molecule has 3 rings (SSSR count). The molecule has 2 aromatic carbocycles. The number of carbonyl (C=O) groups excluding carboxylic acids is 1. The van der Waals surface area contributed by atoms with Gasteiger partial charge in [-0.15, -0.1) is 0 Å². The first-order valence-corrected chi connectivity index (χ1v) is 9.64. The van der Waals surface area contributed by atoms with Gasteiger partial charge in [0.15, 0.2) is 23.5 Å². The van der Waals surface area contributed by atoms with E-state index in [2.05, 4.69) is 5.32 Å². The molecule has 10 heteroatoms. The van der Waals surface area contributed by atoms with Crippen molar-refractivity contribution in [3.8, 4) is 0 Å². The molecule has 1 aliphatic rings. The smallest absolute Gasteiger partial charge is 0.396 e. The topological polar surface area (TPSA) is 58.6 Å². The molecule has 2 aromatic rings. The van der Waals surface area contributed by atoms with Crippen molar-refractivity contribution < 1.29 is 36.6 Å². The SMILES string of the molecule is O=C(CC(=S)N[C@@]1(c2cccc(F)c2F)CO[C@H](C(F)(F)F)[C@H]1CO)c1ccccc1. The van der Waals surface area contributed by atoms with E-state index in [-0.39, 0.29) is 11.4 Å². The van der Waals surface area contributed by atoms with E-state index in [9.17, 15) is 31.9 Å². The summed E-state index contributed by atoms with van der Waals surface area (Å²) in [6.45, 7) is -1.80. The predicted octanol–water partition coefficient (Wildman–Crippen LogP) is 3.92. The van der Waals surface area contributed by atoms with Crippen molar-refractivity contribution in [3.05, 3.63) is 71.3 Å². The van der Waals surface area contributed by atoms with E-state index < -0.39 is 59.9 Å². The van der Waals surface area contributed by atoms with Crippen molar-refractivity contribution in [2.75, 3.05) is 13.2 Å². The lowest BCUT2D eigenvalue weighted by molar-refractivity contribution is -0.219. The lowest BCUT2D eigenvalue weighted by atomic mass is 9.77. The first kappa shape index (κ1) is 23.2. The Morgan fingerprint density at radius 3 is 2.45 bits per heavy atom. The maximum atomic E-state index is 14.7. The highest BCUT2D eigenvalue weighted by atomic mass is 32.1. The summed E-state index contributed by atoms with van der Waals surface area (Å²) in [5.74, 6) is -4.83. The van der Waals surface area contributed by atoms with Crippen molar-refractivity contribution >= 4 is 23.0 Å². The van der Waals surface area contributed by atoms with Gasteiger partial charge in [-0.25, -0.2) is 8.78 Å². The molecule has 3 atom stereocenters. The molecule has 0 aliphatic carbocycles. The summed E-state index contributed by atoms with van der Waals surface area (Å²) in [7, 11) is 0. The van der Waals surface area contributed by atoms with Gasteiger partial charge in [-0.05, 0) is 6.07 Å². The maximum Gasteiger partial charge on any atom is 0.415 e. The molecule has 31 heavy (non-hydrogen) atoms. The zero-order chi connectivity index (χ0) is 22.8. The van der Waals surface area contributed by atoms with Crippen LogP contribution in [0, 0.1) is 17.6 Å². The molecule has 0 aromatic heterocycles. The highest BCUT2D eigenvalue weighted by Gasteiger charge is 2.60. The molecule has 1 fully saturated rings. The van der Waals surface area contributed by atoms with Gasteiger partial charge in [0, 0.05) is 17.0 Å².